The highest BCUT2D eigenvalue weighted by Gasteiger charge is 2.17. The minimum Gasteiger partial charge on any atom is -0.317 e. The van der Waals surface area contributed by atoms with Crippen LogP contribution in [0.5, 0.6) is 0 Å². The number of hydrogen-bond acceptors (Lipinski definition) is 4. The largest absolute Gasteiger partial charge is 0.317 e. The van der Waals surface area contributed by atoms with E-state index in [1.165, 1.54) is 25.8 Å². The first-order chi connectivity index (χ1) is 9.28. The molecule has 2 rings (SSSR count). The van der Waals surface area contributed by atoms with Crippen LogP contribution in [-0.2, 0) is 6.54 Å². The van der Waals surface area contributed by atoms with Crippen LogP contribution in [0.1, 0.15) is 31.9 Å². The average Bonchev–Trinajstić information content (AvgIpc) is 2.43. The van der Waals surface area contributed by atoms with E-state index in [0.717, 1.165) is 37.8 Å². The normalized spacial score (nSPS) is 17.0. The van der Waals surface area contributed by atoms with Gasteiger partial charge < -0.3 is 5.32 Å². The van der Waals surface area contributed by atoms with Crippen molar-refractivity contribution in [3.8, 4) is 0 Å². The third-order valence-electron chi connectivity index (χ3n) is 3.57. The molecule has 0 aromatic carbocycles. The molecule has 1 aromatic rings. The van der Waals surface area contributed by atoms with E-state index in [1.807, 2.05) is 0 Å². The highest BCUT2D eigenvalue weighted by molar-refractivity contribution is 6.29. The Hall–Kier alpha value is -0.710. The van der Waals surface area contributed by atoms with Gasteiger partial charge in [-0.25, -0.2) is 4.98 Å². The second-order valence-electron chi connectivity index (χ2n) is 5.26. The van der Waals surface area contributed by atoms with Gasteiger partial charge in [0.05, 0.1) is 18.1 Å². The molecule has 1 fully saturated rings. The lowest BCUT2D eigenvalue weighted by Crippen LogP contribution is -2.36. The number of nitrogens with zero attached hydrogens (tertiary/aromatic N) is 3. The molecule has 0 aliphatic carbocycles. The van der Waals surface area contributed by atoms with Gasteiger partial charge in [0.1, 0.15) is 5.15 Å². The van der Waals surface area contributed by atoms with Gasteiger partial charge in [-0.05, 0) is 44.8 Å². The molecule has 1 aliphatic heterocycles. The number of halogens is 1. The van der Waals surface area contributed by atoms with Crippen LogP contribution in [0.2, 0.25) is 5.15 Å². The van der Waals surface area contributed by atoms with Crippen LogP contribution in [0.25, 0.3) is 0 Å². The molecule has 1 N–H and O–H groups in total. The highest BCUT2D eigenvalue weighted by atomic mass is 35.5. The summed E-state index contributed by atoms with van der Waals surface area (Å²) >= 11 is 5.77. The Balaban J connectivity index is 1.89. The Kier molecular flexibility index (Phi) is 6.01. The number of hydrogen-bond donors (Lipinski definition) is 1. The van der Waals surface area contributed by atoms with Gasteiger partial charge in [-0.1, -0.05) is 18.5 Å². The summed E-state index contributed by atoms with van der Waals surface area (Å²) in [6.45, 7) is 7.70. The molecule has 0 amide bonds. The van der Waals surface area contributed by atoms with Crippen LogP contribution in [0, 0.1) is 5.92 Å². The quantitative estimate of drug-likeness (QED) is 0.870. The third kappa shape index (κ3) is 5.05. The number of aromatic nitrogens is 2. The zero-order valence-electron chi connectivity index (χ0n) is 11.6. The molecule has 0 unspecified atom stereocenters. The van der Waals surface area contributed by atoms with Gasteiger partial charge in [-0.3, -0.25) is 9.88 Å². The van der Waals surface area contributed by atoms with Gasteiger partial charge >= 0.3 is 0 Å². The first-order valence-electron chi connectivity index (χ1n) is 7.17. The zero-order chi connectivity index (χ0) is 13.5. The standard InChI is InChI=1S/C14H23ClN4/c1-2-7-19(10-12-3-5-16-6-4-12)11-13-8-18-14(15)9-17-13/h8-9,12,16H,2-7,10-11H2,1H3. The predicted molar refractivity (Wildman–Crippen MR) is 78.2 cm³/mol. The minimum absolute atomic E-state index is 0.462. The zero-order valence-corrected chi connectivity index (χ0v) is 12.4. The Morgan fingerprint density at radius 2 is 2.11 bits per heavy atom. The molecule has 2 heterocycles. The van der Waals surface area contributed by atoms with E-state index in [-0.39, 0.29) is 0 Å². The van der Waals surface area contributed by atoms with Gasteiger partial charge in [0.15, 0.2) is 0 Å². The van der Waals surface area contributed by atoms with Crippen molar-refractivity contribution < 1.29 is 0 Å². The summed E-state index contributed by atoms with van der Waals surface area (Å²) in [6.07, 6.45) is 7.16. The second-order valence-corrected chi connectivity index (χ2v) is 5.65. The fourth-order valence-corrected chi connectivity index (χ4v) is 2.73. The van der Waals surface area contributed by atoms with Crippen LogP contribution in [0.15, 0.2) is 12.4 Å². The molecule has 0 spiro atoms. The van der Waals surface area contributed by atoms with E-state index in [2.05, 4.69) is 27.1 Å². The molecular formula is C14H23ClN4. The van der Waals surface area contributed by atoms with Crippen molar-refractivity contribution in [2.45, 2.75) is 32.7 Å². The van der Waals surface area contributed by atoms with Crippen molar-refractivity contribution in [2.75, 3.05) is 26.2 Å². The molecule has 106 valence electrons. The average molecular weight is 283 g/mol. The summed E-state index contributed by atoms with van der Waals surface area (Å²) in [6, 6.07) is 0. The molecule has 19 heavy (non-hydrogen) atoms. The van der Waals surface area contributed by atoms with Gasteiger partial charge in [0.2, 0.25) is 0 Å². The first kappa shape index (κ1) is 14.7. The molecule has 1 saturated heterocycles. The van der Waals surface area contributed by atoms with Crippen LogP contribution >= 0.6 is 11.6 Å². The summed E-state index contributed by atoms with van der Waals surface area (Å²) in [5.74, 6) is 0.813. The van der Waals surface area contributed by atoms with Crippen LogP contribution in [0.4, 0.5) is 0 Å². The number of nitrogens with one attached hydrogen (secondary N) is 1. The predicted octanol–water partition coefficient (Wildman–Crippen LogP) is 2.34. The molecular weight excluding hydrogens is 260 g/mol. The lowest BCUT2D eigenvalue weighted by atomic mass is 9.97. The molecule has 1 aromatic heterocycles. The van der Waals surface area contributed by atoms with Crippen molar-refractivity contribution in [1.29, 1.82) is 0 Å². The second kappa shape index (κ2) is 7.78. The molecule has 4 nitrogen and oxygen atoms in total. The van der Waals surface area contributed by atoms with E-state index in [1.54, 1.807) is 12.4 Å². The molecule has 5 heteroatoms. The van der Waals surface area contributed by atoms with Crippen LogP contribution in [0.3, 0.4) is 0 Å². The van der Waals surface area contributed by atoms with Gasteiger partial charge in [-0.2, -0.15) is 0 Å². The van der Waals surface area contributed by atoms with E-state index >= 15 is 0 Å². The molecule has 0 bridgehead atoms. The monoisotopic (exact) mass is 282 g/mol. The van der Waals surface area contributed by atoms with Crippen molar-refractivity contribution in [3.05, 3.63) is 23.2 Å². The summed E-state index contributed by atoms with van der Waals surface area (Å²) in [5, 5.41) is 3.88. The van der Waals surface area contributed by atoms with E-state index < -0.39 is 0 Å². The number of piperidine rings is 1. The fourth-order valence-electron chi connectivity index (χ4n) is 2.63. The van der Waals surface area contributed by atoms with Crippen molar-refractivity contribution in [2.24, 2.45) is 5.92 Å². The van der Waals surface area contributed by atoms with E-state index in [0.29, 0.717) is 5.15 Å². The summed E-state index contributed by atoms with van der Waals surface area (Å²) in [5.41, 5.74) is 1.01. The fraction of sp³-hybridized carbons (Fsp3) is 0.714. The molecule has 0 saturated carbocycles. The van der Waals surface area contributed by atoms with Gasteiger partial charge in [-0.15, -0.1) is 0 Å². The van der Waals surface area contributed by atoms with E-state index in [4.69, 9.17) is 11.6 Å². The first-order valence-corrected chi connectivity index (χ1v) is 7.55. The minimum atomic E-state index is 0.462. The SMILES string of the molecule is CCCN(Cc1cnc(Cl)cn1)CC1CCNCC1. The summed E-state index contributed by atoms with van der Waals surface area (Å²) < 4.78 is 0. The molecule has 1 aliphatic rings. The maximum Gasteiger partial charge on any atom is 0.147 e. The maximum atomic E-state index is 5.77. The van der Waals surface area contributed by atoms with Crippen LogP contribution < -0.4 is 5.32 Å². The molecule has 0 atom stereocenters. The van der Waals surface area contributed by atoms with Crippen molar-refractivity contribution >= 4 is 11.6 Å². The lowest BCUT2D eigenvalue weighted by molar-refractivity contribution is 0.197. The Morgan fingerprint density at radius 1 is 1.32 bits per heavy atom. The summed E-state index contributed by atoms with van der Waals surface area (Å²) in [4.78, 5) is 10.9. The van der Waals surface area contributed by atoms with Gasteiger partial charge in [0.25, 0.3) is 0 Å². The van der Waals surface area contributed by atoms with Crippen LogP contribution in [-0.4, -0.2) is 41.0 Å². The third-order valence-corrected chi connectivity index (χ3v) is 3.77. The van der Waals surface area contributed by atoms with Gasteiger partial charge in [0, 0.05) is 13.1 Å². The molecule has 0 radical (unpaired) electrons. The number of rotatable bonds is 6. The topological polar surface area (TPSA) is 41.1 Å². The Morgan fingerprint density at radius 3 is 2.74 bits per heavy atom. The van der Waals surface area contributed by atoms with Crippen molar-refractivity contribution in [1.82, 2.24) is 20.2 Å². The van der Waals surface area contributed by atoms with Crippen molar-refractivity contribution in [3.63, 3.8) is 0 Å². The lowest BCUT2D eigenvalue weighted by Gasteiger charge is -2.29. The summed E-state index contributed by atoms with van der Waals surface area (Å²) in [7, 11) is 0. The van der Waals surface area contributed by atoms with E-state index in [9.17, 15) is 0 Å². The Labute approximate surface area is 120 Å². The Bertz CT molecular complexity index is 362. The maximum absolute atomic E-state index is 5.77. The highest BCUT2D eigenvalue weighted by Crippen LogP contribution is 2.15. The smallest absolute Gasteiger partial charge is 0.147 e.